The molecule has 1 unspecified atom stereocenters. The smallest absolute Gasteiger partial charge is 0.327 e. The molecule has 0 aliphatic rings. The van der Waals surface area contributed by atoms with E-state index in [1.54, 1.807) is 0 Å². The zero-order valence-corrected chi connectivity index (χ0v) is 14.0. The van der Waals surface area contributed by atoms with Gasteiger partial charge in [-0.15, -0.1) is 0 Å². The maximum Gasteiger partial charge on any atom is 0.327 e. The molecule has 5 nitrogen and oxygen atoms in total. The summed E-state index contributed by atoms with van der Waals surface area (Å²) in [7, 11) is 1.99. The molecule has 1 atom stereocenters. The first-order valence-corrected chi connectivity index (χ1v) is 7.58. The Labute approximate surface area is 124 Å². The third kappa shape index (κ3) is 7.82. The first kappa shape index (κ1) is 19.4. The highest BCUT2D eigenvalue weighted by atomic mass is 16.5. The zero-order chi connectivity index (χ0) is 15.6. The number of hydrogen-bond donors (Lipinski definition) is 1. The highest BCUT2D eigenvalue weighted by Gasteiger charge is 2.35. The Morgan fingerprint density at radius 2 is 2.00 bits per heavy atom. The molecule has 0 aliphatic carbocycles. The quantitative estimate of drug-likeness (QED) is 0.586. The number of nitrogens with zero attached hydrogens (tertiary/aromatic N) is 1. The number of carbonyl (C=O) groups excluding carboxylic acids is 1. The van der Waals surface area contributed by atoms with Crippen LogP contribution < -0.4 is 5.32 Å². The van der Waals surface area contributed by atoms with Crippen molar-refractivity contribution in [2.75, 3.05) is 39.9 Å². The molecule has 1 N–H and O–H groups in total. The largest absolute Gasteiger partial charge is 0.465 e. The van der Waals surface area contributed by atoms with E-state index in [0.717, 1.165) is 19.5 Å². The predicted molar refractivity (Wildman–Crippen MR) is 81.9 cm³/mol. The van der Waals surface area contributed by atoms with E-state index in [9.17, 15) is 4.79 Å². The molecule has 0 aromatic rings. The SMILES string of the molecule is CCCNC(C)(CN(C)CCOC(C)C)C(=O)OCC. The van der Waals surface area contributed by atoms with Gasteiger partial charge in [-0.05, 0) is 47.7 Å². The van der Waals surface area contributed by atoms with Crippen LogP contribution in [-0.4, -0.2) is 62.4 Å². The van der Waals surface area contributed by atoms with Crippen LogP contribution in [0.2, 0.25) is 0 Å². The highest BCUT2D eigenvalue weighted by molar-refractivity contribution is 5.80. The average molecular weight is 288 g/mol. The van der Waals surface area contributed by atoms with Gasteiger partial charge in [0.15, 0.2) is 0 Å². The summed E-state index contributed by atoms with van der Waals surface area (Å²) in [6.45, 7) is 13.1. The molecule has 0 saturated heterocycles. The minimum atomic E-state index is -0.668. The van der Waals surface area contributed by atoms with Crippen molar-refractivity contribution in [2.24, 2.45) is 0 Å². The van der Waals surface area contributed by atoms with E-state index in [1.807, 2.05) is 34.7 Å². The number of hydrogen-bond acceptors (Lipinski definition) is 5. The number of rotatable bonds is 11. The molecule has 0 aromatic carbocycles. The maximum atomic E-state index is 12.1. The van der Waals surface area contributed by atoms with Crippen LogP contribution >= 0.6 is 0 Å². The van der Waals surface area contributed by atoms with Crippen molar-refractivity contribution >= 4 is 5.97 Å². The summed E-state index contributed by atoms with van der Waals surface area (Å²) in [4.78, 5) is 14.2. The number of carbonyl (C=O) groups is 1. The van der Waals surface area contributed by atoms with Gasteiger partial charge in [-0.1, -0.05) is 6.92 Å². The van der Waals surface area contributed by atoms with Crippen molar-refractivity contribution in [3.63, 3.8) is 0 Å². The lowest BCUT2D eigenvalue weighted by molar-refractivity contribution is -0.151. The van der Waals surface area contributed by atoms with E-state index in [0.29, 0.717) is 19.8 Å². The molecule has 0 rings (SSSR count). The lowest BCUT2D eigenvalue weighted by Gasteiger charge is -2.32. The molecule has 120 valence electrons. The van der Waals surface area contributed by atoms with Crippen LogP contribution in [0.5, 0.6) is 0 Å². The van der Waals surface area contributed by atoms with E-state index in [4.69, 9.17) is 9.47 Å². The number of ether oxygens (including phenoxy) is 2. The number of esters is 1. The van der Waals surface area contributed by atoms with Gasteiger partial charge in [-0.25, -0.2) is 0 Å². The van der Waals surface area contributed by atoms with Crippen LogP contribution in [0.4, 0.5) is 0 Å². The molecule has 0 heterocycles. The van der Waals surface area contributed by atoms with Gasteiger partial charge in [-0.3, -0.25) is 4.79 Å². The normalized spacial score (nSPS) is 14.6. The Balaban J connectivity index is 4.43. The van der Waals surface area contributed by atoms with Crippen LogP contribution in [0, 0.1) is 0 Å². The Morgan fingerprint density at radius 1 is 1.35 bits per heavy atom. The van der Waals surface area contributed by atoms with Gasteiger partial charge in [0.25, 0.3) is 0 Å². The fraction of sp³-hybridized carbons (Fsp3) is 0.933. The van der Waals surface area contributed by atoms with Crippen molar-refractivity contribution < 1.29 is 14.3 Å². The Bertz CT molecular complexity index is 272. The maximum absolute atomic E-state index is 12.1. The molecule has 20 heavy (non-hydrogen) atoms. The first-order valence-electron chi connectivity index (χ1n) is 7.58. The molecular formula is C15H32N2O3. The summed E-state index contributed by atoms with van der Waals surface area (Å²) in [5.41, 5.74) is -0.668. The van der Waals surface area contributed by atoms with Gasteiger partial charge in [0.1, 0.15) is 5.54 Å². The molecule has 0 bridgehead atoms. The van der Waals surface area contributed by atoms with Gasteiger partial charge < -0.3 is 19.7 Å². The van der Waals surface area contributed by atoms with Gasteiger partial charge in [-0.2, -0.15) is 0 Å². The second-order valence-electron chi connectivity index (χ2n) is 5.64. The third-order valence-electron chi connectivity index (χ3n) is 3.00. The lowest BCUT2D eigenvalue weighted by atomic mass is 10.0. The first-order chi connectivity index (χ1) is 9.35. The van der Waals surface area contributed by atoms with Crippen LogP contribution in [0.3, 0.4) is 0 Å². The van der Waals surface area contributed by atoms with Crippen LogP contribution in [0.1, 0.15) is 41.0 Å². The van der Waals surface area contributed by atoms with Crippen molar-refractivity contribution in [3.05, 3.63) is 0 Å². The Kier molecular flexibility index (Phi) is 9.80. The van der Waals surface area contributed by atoms with Crippen LogP contribution in [-0.2, 0) is 14.3 Å². The summed E-state index contributed by atoms with van der Waals surface area (Å²) >= 11 is 0. The molecule has 0 aliphatic heterocycles. The summed E-state index contributed by atoms with van der Waals surface area (Å²) in [6.07, 6.45) is 1.22. The molecule has 0 saturated carbocycles. The summed E-state index contributed by atoms with van der Waals surface area (Å²) in [5, 5.41) is 3.30. The number of nitrogens with one attached hydrogen (secondary N) is 1. The number of likely N-dealkylation sites (N-methyl/N-ethyl adjacent to an activating group) is 1. The lowest BCUT2D eigenvalue weighted by Crippen LogP contribution is -2.57. The molecule has 0 spiro atoms. The summed E-state index contributed by atoms with van der Waals surface area (Å²) in [5.74, 6) is -0.190. The monoisotopic (exact) mass is 288 g/mol. The average Bonchev–Trinajstić information content (AvgIpc) is 2.36. The molecule has 0 aromatic heterocycles. The van der Waals surface area contributed by atoms with Crippen LogP contribution in [0.25, 0.3) is 0 Å². The topological polar surface area (TPSA) is 50.8 Å². The molecule has 5 heteroatoms. The van der Waals surface area contributed by atoms with Crippen molar-refractivity contribution in [1.29, 1.82) is 0 Å². The van der Waals surface area contributed by atoms with E-state index >= 15 is 0 Å². The molecule has 0 fully saturated rings. The van der Waals surface area contributed by atoms with E-state index in [-0.39, 0.29) is 12.1 Å². The summed E-state index contributed by atoms with van der Waals surface area (Å²) < 4.78 is 10.7. The standard InChI is InChI=1S/C15H32N2O3/c1-7-9-16-15(5,14(18)19-8-2)12-17(6)10-11-20-13(3)4/h13,16H,7-12H2,1-6H3. The Morgan fingerprint density at radius 3 is 2.50 bits per heavy atom. The molecule has 0 radical (unpaired) electrons. The third-order valence-corrected chi connectivity index (χ3v) is 3.00. The fourth-order valence-electron chi connectivity index (χ4n) is 1.95. The Hall–Kier alpha value is -0.650. The minimum Gasteiger partial charge on any atom is -0.465 e. The fourth-order valence-corrected chi connectivity index (χ4v) is 1.95. The minimum absolute atomic E-state index is 0.190. The van der Waals surface area contributed by atoms with E-state index < -0.39 is 5.54 Å². The predicted octanol–water partition coefficient (Wildman–Crippen LogP) is 1.66. The summed E-state index contributed by atoms with van der Waals surface area (Å²) in [6, 6.07) is 0. The second kappa shape index (κ2) is 10.1. The van der Waals surface area contributed by atoms with Crippen molar-refractivity contribution in [1.82, 2.24) is 10.2 Å². The van der Waals surface area contributed by atoms with Crippen molar-refractivity contribution in [2.45, 2.75) is 52.7 Å². The van der Waals surface area contributed by atoms with Crippen molar-refractivity contribution in [3.8, 4) is 0 Å². The molecule has 0 amide bonds. The van der Waals surface area contributed by atoms with Gasteiger partial charge in [0.2, 0.25) is 0 Å². The van der Waals surface area contributed by atoms with Crippen LogP contribution in [0.15, 0.2) is 0 Å². The van der Waals surface area contributed by atoms with Gasteiger partial charge in [0.05, 0.1) is 19.3 Å². The second-order valence-corrected chi connectivity index (χ2v) is 5.64. The highest BCUT2D eigenvalue weighted by Crippen LogP contribution is 2.09. The van der Waals surface area contributed by atoms with Gasteiger partial charge >= 0.3 is 5.97 Å². The van der Waals surface area contributed by atoms with E-state index in [1.165, 1.54) is 0 Å². The molecular weight excluding hydrogens is 256 g/mol. The van der Waals surface area contributed by atoms with Gasteiger partial charge in [0, 0.05) is 13.1 Å². The zero-order valence-electron chi connectivity index (χ0n) is 14.0. The van der Waals surface area contributed by atoms with E-state index in [2.05, 4.69) is 17.1 Å².